The number of benzene rings is 2. The van der Waals surface area contributed by atoms with Crippen molar-refractivity contribution < 1.29 is 18.7 Å². The van der Waals surface area contributed by atoms with Crippen LogP contribution in [-0.2, 0) is 16.1 Å². The summed E-state index contributed by atoms with van der Waals surface area (Å²) >= 11 is 0. The SMILES string of the molecule is COC(=O)CN(Cc1ccccc1)C(=O)c1cc2ccccc2oc1=O. The first-order valence-corrected chi connectivity index (χ1v) is 8.01. The minimum absolute atomic E-state index is 0.122. The zero-order valence-corrected chi connectivity index (χ0v) is 14.2. The number of rotatable bonds is 5. The number of nitrogens with zero attached hydrogens (tertiary/aromatic N) is 1. The maximum absolute atomic E-state index is 12.9. The fourth-order valence-corrected chi connectivity index (χ4v) is 2.61. The van der Waals surface area contributed by atoms with Crippen molar-refractivity contribution in [3.05, 3.63) is 82.2 Å². The average molecular weight is 351 g/mol. The number of amides is 1. The molecule has 0 saturated heterocycles. The molecule has 132 valence electrons. The number of hydrogen-bond donors (Lipinski definition) is 0. The van der Waals surface area contributed by atoms with E-state index >= 15 is 0 Å². The second-order valence-electron chi connectivity index (χ2n) is 5.71. The van der Waals surface area contributed by atoms with Crippen LogP contribution < -0.4 is 5.63 Å². The smallest absolute Gasteiger partial charge is 0.349 e. The largest absolute Gasteiger partial charge is 0.468 e. The molecule has 26 heavy (non-hydrogen) atoms. The number of hydrogen-bond acceptors (Lipinski definition) is 5. The van der Waals surface area contributed by atoms with Gasteiger partial charge in [0, 0.05) is 11.9 Å². The molecule has 1 heterocycles. The van der Waals surface area contributed by atoms with Crippen LogP contribution in [0.25, 0.3) is 11.0 Å². The molecule has 0 aliphatic carbocycles. The number of carbonyl (C=O) groups is 2. The van der Waals surface area contributed by atoms with E-state index in [4.69, 9.17) is 4.42 Å². The lowest BCUT2D eigenvalue weighted by Gasteiger charge is -2.21. The lowest BCUT2D eigenvalue weighted by Crippen LogP contribution is -2.37. The summed E-state index contributed by atoms with van der Waals surface area (Å²) in [5, 5.41) is 0.633. The van der Waals surface area contributed by atoms with Gasteiger partial charge in [0.25, 0.3) is 5.91 Å². The molecule has 1 amide bonds. The van der Waals surface area contributed by atoms with Gasteiger partial charge in [-0.2, -0.15) is 0 Å². The van der Waals surface area contributed by atoms with E-state index in [1.54, 1.807) is 24.3 Å². The molecule has 2 aromatic carbocycles. The molecule has 0 saturated carbocycles. The van der Waals surface area contributed by atoms with Crippen LogP contribution >= 0.6 is 0 Å². The lowest BCUT2D eigenvalue weighted by molar-refractivity contribution is -0.141. The molecule has 0 unspecified atom stereocenters. The molecule has 0 radical (unpaired) electrons. The molecular weight excluding hydrogens is 334 g/mol. The van der Waals surface area contributed by atoms with Gasteiger partial charge in [0.1, 0.15) is 17.7 Å². The fraction of sp³-hybridized carbons (Fsp3) is 0.150. The van der Waals surface area contributed by atoms with Crippen LogP contribution in [0.2, 0.25) is 0 Å². The van der Waals surface area contributed by atoms with Crippen LogP contribution in [0.15, 0.2) is 69.9 Å². The van der Waals surface area contributed by atoms with Crippen LogP contribution in [0, 0.1) is 0 Å². The van der Waals surface area contributed by atoms with E-state index in [1.807, 2.05) is 30.3 Å². The molecule has 1 aromatic heterocycles. The highest BCUT2D eigenvalue weighted by Gasteiger charge is 2.23. The summed E-state index contributed by atoms with van der Waals surface area (Å²) in [5.41, 5.74) is 0.367. The third-order valence-electron chi connectivity index (χ3n) is 3.92. The first-order valence-electron chi connectivity index (χ1n) is 8.01. The van der Waals surface area contributed by atoms with Gasteiger partial charge in [-0.15, -0.1) is 0 Å². The quantitative estimate of drug-likeness (QED) is 0.522. The van der Waals surface area contributed by atoms with E-state index in [0.717, 1.165) is 5.56 Å². The Balaban J connectivity index is 1.97. The third-order valence-corrected chi connectivity index (χ3v) is 3.92. The van der Waals surface area contributed by atoms with E-state index in [-0.39, 0.29) is 18.7 Å². The van der Waals surface area contributed by atoms with E-state index < -0.39 is 17.5 Å². The molecule has 0 atom stereocenters. The number of carbonyl (C=O) groups excluding carboxylic acids is 2. The minimum atomic E-state index is -0.739. The van der Waals surface area contributed by atoms with Gasteiger partial charge in [-0.3, -0.25) is 9.59 Å². The molecule has 0 fully saturated rings. The second-order valence-corrected chi connectivity index (χ2v) is 5.71. The Kier molecular flexibility index (Phi) is 5.12. The number of fused-ring (bicyclic) bond motifs is 1. The van der Waals surface area contributed by atoms with Crippen molar-refractivity contribution in [2.75, 3.05) is 13.7 Å². The molecule has 0 bridgehead atoms. The predicted octanol–water partition coefficient (Wildman–Crippen LogP) is 2.61. The van der Waals surface area contributed by atoms with Crippen molar-refractivity contribution in [2.45, 2.75) is 6.54 Å². The standard InChI is InChI=1S/C20H17NO5/c1-25-18(22)13-21(12-14-7-3-2-4-8-14)19(23)16-11-15-9-5-6-10-17(15)26-20(16)24/h2-11H,12-13H2,1H3. The third kappa shape index (κ3) is 3.80. The molecule has 0 aliphatic rings. The summed E-state index contributed by atoms with van der Waals surface area (Å²) in [4.78, 5) is 38.2. The van der Waals surface area contributed by atoms with Gasteiger partial charge in [0.2, 0.25) is 0 Å². The summed E-state index contributed by atoms with van der Waals surface area (Å²) in [7, 11) is 1.25. The Morgan fingerprint density at radius 1 is 1.04 bits per heavy atom. The van der Waals surface area contributed by atoms with Gasteiger partial charge in [-0.1, -0.05) is 48.5 Å². The van der Waals surface area contributed by atoms with E-state index in [9.17, 15) is 14.4 Å². The number of para-hydroxylation sites is 1. The van der Waals surface area contributed by atoms with Gasteiger partial charge in [0.15, 0.2) is 0 Å². The normalized spacial score (nSPS) is 10.5. The minimum Gasteiger partial charge on any atom is -0.468 e. The Labute approximate surface area is 149 Å². The highest BCUT2D eigenvalue weighted by atomic mass is 16.5. The van der Waals surface area contributed by atoms with Crippen molar-refractivity contribution in [3.63, 3.8) is 0 Å². The van der Waals surface area contributed by atoms with Crippen molar-refractivity contribution in [1.82, 2.24) is 4.90 Å². The van der Waals surface area contributed by atoms with Crippen LogP contribution in [0.1, 0.15) is 15.9 Å². The Hall–Kier alpha value is -3.41. The van der Waals surface area contributed by atoms with Crippen molar-refractivity contribution in [2.24, 2.45) is 0 Å². The van der Waals surface area contributed by atoms with Crippen LogP contribution in [0.5, 0.6) is 0 Å². The summed E-state index contributed by atoms with van der Waals surface area (Å²) in [6, 6.07) is 17.6. The maximum atomic E-state index is 12.9. The Morgan fingerprint density at radius 2 is 1.73 bits per heavy atom. The molecule has 3 rings (SSSR count). The van der Waals surface area contributed by atoms with E-state index in [2.05, 4.69) is 4.74 Å². The predicted molar refractivity (Wildman–Crippen MR) is 95.7 cm³/mol. The van der Waals surface area contributed by atoms with Gasteiger partial charge in [-0.05, 0) is 17.7 Å². The molecule has 3 aromatic rings. The highest BCUT2D eigenvalue weighted by molar-refractivity contribution is 5.98. The summed E-state index contributed by atoms with van der Waals surface area (Å²) in [6.07, 6.45) is 0. The zero-order valence-electron chi connectivity index (χ0n) is 14.2. The van der Waals surface area contributed by atoms with Gasteiger partial charge >= 0.3 is 11.6 Å². The molecule has 6 heteroatoms. The van der Waals surface area contributed by atoms with Gasteiger partial charge < -0.3 is 14.1 Å². The summed E-state index contributed by atoms with van der Waals surface area (Å²) in [6.45, 7) is -0.0997. The van der Waals surface area contributed by atoms with Crippen LogP contribution in [0.3, 0.4) is 0 Å². The fourth-order valence-electron chi connectivity index (χ4n) is 2.61. The number of methoxy groups -OCH3 is 1. The van der Waals surface area contributed by atoms with Crippen LogP contribution in [0.4, 0.5) is 0 Å². The molecule has 0 aliphatic heterocycles. The topological polar surface area (TPSA) is 76.8 Å². The highest BCUT2D eigenvalue weighted by Crippen LogP contribution is 2.15. The molecule has 0 N–H and O–H groups in total. The first kappa shape index (κ1) is 17.4. The van der Waals surface area contributed by atoms with E-state index in [1.165, 1.54) is 18.1 Å². The summed E-state index contributed by atoms with van der Waals surface area (Å²) < 4.78 is 9.90. The number of esters is 1. The maximum Gasteiger partial charge on any atom is 0.349 e. The van der Waals surface area contributed by atoms with Crippen molar-refractivity contribution >= 4 is 22.8 Å². The Bertz CT molecular complexity index is 994. The lowest BCUT2D eigenvalue weighted by atomic mass is 10.1. The first-order chi connectivity index (χ1) is 12.6. The Morgan fingerprint density at radius 3 is 2.46 bits per heavy atom. The van der Waals surface area contributed by atoms with Gasteiger partial charge in [-0.25, -0.2) is 4.79 Å². The second kappa shape index (κ2) is 7.65. The zero-order chi connectivity index (χ0) is 18.5. The molecular formula is C20H17NO5. The average Bonchev–Trinajstić information content (AvgIpc) is 2.67. The van der Waals surface area contributed by atoms with Crippen molar-refractivity contribution in [3.8, 4) is 0 Å². The van der Waals surface area contributed by atoms with Gasteiger partial charge in [0.05, 0.1) is 7.11 Å². The van der Waals surface area contributed by atoms with Crippen molar-refractivity contribution in [1.29, 1.82) is 0 Å². The molecule has 6 nitrogen and oxygen atoms in total. The molecule has 0 spiro atoms. The monoisotopic (exact) mass is 351 g/mol. The number of ether oxygens (including phenoxy) is 1. The summed E-state index contributed by atoms with van der Waals surface area (Å²) in [5.74, 6) is -1.15. The van der Waals surface area contributed by atoms with Crippen LogP contribution in [-0.4, -0.2) is 30.4 Å². The van der Waals surface area contributed by atoms with E-state index in [0.29, 0.717) is 11.0 Å².